The fraction of sp³-hybridized carbons (Fsp3) is 0.609. The van der Waals surface area contributed by atoms with E-state index in [1.165, 1.54) is 18.9 Å². The zero-order valence-corrected chi connectivity index (χ0v) is 19.3. The van der Waals surface area contributed by atoms with Crippen molar-refractivity contribution in [3.8, 4) is 0 Å². The van der Waals surface area contributed by atoms with Gasteiger partial charge in [0.15, 0.2) is 5.82 Å². The molecule has 34 heavy (non-hydrogen) atoms. The summed E-state index contributed by atoms with van der Waals surface area (Å²) in [6.07, 6.45) is 0.0786. The summed E-state index contributed by atoms with van der Waals surface area (Å²) in [5.41, 5.74) is 0.0810. The molecule has 1 aromatic carbocycles. The Kier molecular flexibility index (Phi) is 5.11. The van der Waals surface area contributed by atoms with Crippen molar-refractivity contribution in [3.05, 3.63) is 46.0 Å². The van der Waals surface area contributed by atoms with E-state index in [0.29, 0.717) is 37.0 Å². The molecular weight excluding hydrogens is 469 g/mol. The van der Waals surface area contributed by atoms with Crippen molar-refractivity contribution in [1.29, 1.82) is 0 Å². The van der Waals surface area contributed by atoms with Crippen molar-refractivity contribution >= 4 is 17.6 Å². The van der Waals surface area contributed by atoms with E-state index in [-0.39, 0.29) is 22.5 Å². The number of hydrogen-bond acceptors (Lipinski definition) is 4. The first-order chi connectivity index (χ1) is 16.2. The second kappa shape index (κ2) is 7.84. The number of aromatic nitrogens is 3. The summed E-state index contributed by atoms with van der Waals surface area (Å²) in [5.74, 6) is 2.94. The Bertz CT molecular complexity index is 1100. The third-order valence-electron chi connectivity index (χ3n) is 7.64. The van der Waals surface area contributed by atoms with Crippen molar-refractivity contribution in [2.45, 2.75) is 56.3 Å². The average Bonchev–Trinajstić information content (AvgIpc) is 3.43. The van der Waals surface area contributed by atoms with Gasteiger partial charge in [-0.15, -0.1) is 0 Å². The summed E-state index contributed by atoms with van der Waals surface area (Å²) in [7, 11) is 0. The van der Waals surface area contributed by atoms with Crippen LogP contribution in [-0.2, 0) is 12.7 Å². The maximum Gasteiger partial charge on any atom is 0.416 e. The van der Waals surface area contributed by atoms with Crippen LogP contribution in [0.3, 0.4) is 0 Å². The SMILES string of the molecule is O=C(N1CC(NCc2ccc(C(F)(F)F)cc2Cl)C1)N1CC2(CC(c3n[nH]c(C4CC4)n3)C2)C1. The minimum Gasteiger partial charge on any atom is -0.323 e. The zero-order chi connectivity index (χ0) is 23.7. The lowest BCUT2D eigenvalue weighted by atomic mass is 9.57. The largest absolute Gasteiger partial charge is 0.416 e. The number of benzene rings is 1. The molecule has 2 aromatic rings. The van der Waals surface area contributed by atoms with E-state index in [1.54, 1.807) is 0 Å². The topological polar surface area (TPSA) is 77.2 Å². The molecule has 0 atom stereocenters. The molecule has 1 aromatic heterocycles. The highest BCUT2D eigenvalue weighted by Gasteiger charge is 2.56. The van der Waals surface area contributed by atoms with Gasteiger partial charge < -0.3 is 15.1 Å². The number of carbonyl (C=O) groups is 1. The van der Waals surface area contributed by atoms with Crippen LogP contribution in [-0.4, -0.2) is 63.2 Å². The quantitative estimate of drug-likeness (QED) is 0.655. The lowest BCUT2D eigenvalue weighted by Crippen LogP contribution is -2.69. The molecule has 6 rings (SSSR count). The van der Waals surface area contributed by atoms with Gasteiger partial charge in [-0.05, 0) is 43.4 Å². The summed E-state index contributed by atoms with van der Waals surface area (Å²) >= 11 is 6.02. The molecule has 7 nitrogen and oxygen atoms in total. The molecule has 0 unspecified atom stereocenters. The predicted octanol–water partition coefficient (Wildman–Crippen LogP) is 4.13. The van der Waals surface area contributed by atoms with Crippen LogP contribution in [0.25, 0.3) is 0 Å². The van der Waals surface area contributed by atoms with E-state index in [1.807, 2.05) is 9.80 Å². The number of rotatable bonds is 5. The fourth-order valence-electron chi connectivity index (χ4n) is 5.42. The van der Waals surface area contributed by atoms with Gasteiger partial charge in [-0.3, -0.25) is 5.10 Å². The molecule has 182 valence electrons. The summed E-state index contributed by atoms with van der Waals surface area (Å²) in [4.78, 5) is 21.1. The smallest absolute Gasteiger partial charge is 0.323 e. The molecule has 2 aliphatic carbocycles. The molecule has 2 N–H and O–H groups in total. The number of hydrogen-bond donors (Lipinski definition) is 2. The average molecular weight is 495 g/mol. The number of halogens is 4. The molecule has 4 fully saturated rings. The van der Waals surface area contributed by atoms with Crippen LogP contribution in [0.5, 0.6) is 0 Å². The van der Waals surface area contributed by atoms with E-state index in [9.17, 15) is 18.0 Å². The Morgan fingerprint density at radius 1 is 1.18 bits per heavy atom. The fourth-order valence-corrected chi connectivity index (χ4v) is 5.67. The molecule has 2 aliphatic heterocycles. The van der Waals surface area contributed by atoms with E-state index < -0.39 is 11.7 Å². The van der Waals surface area contributed by atoms with Crippen LogP contribution in [0.4, 0.5) is 18.0 Å². The Hall–Kier alpha value is -2.33. The molecular formula is C23H26ClF3N6O. The second-order valence-corrected chi connectivity index (χ2v) is 10.8. The Labute approximate surface area is 200 Å². The Balaban J connectivity index is 0.922. The number of H-pyrrole nitrogens is 1. The highest BCUT2D eigenvalue weighted by Crippen LogP contribution is 2.55. The number of aromatic amines is 1. The third kappa shape index (κ3) is 4.04. The summed E-state index contributed by atoms with van der Waals surface area (Å²) < 4.78 is 38.3. The first kappa shape index (κ1) is 22.2. The van der Waals surface area contributed by atoms with E-state index >= 15 is 0 Å². The number of nitrogens with zero attached hydrogens (tertiary/aromatic N) is 4. The van der Waals surface area contributed by atoms with E-state index in [0.717, 1.165) is 49.7 Å². The number of urea groups is 1. The number of carbonyl (C=O) groups excluding carboxylic acids is 1. The van der Waals surface area contributed by atoms with Crippen LogP contribution in [0, 0.1) is 5.41 Å². The minimum absolute atomic E-state index is 0.0635. The van der Waals surface area contributed by atoms with Crippen molar-refractivity contribution in [2.24, 2.45) is 5.41 Å². The zero-order valence-electron chi connectivity index (χ0n) is 18.5. The first-order valence-electron chi connectivity index (χ1n) is 11.7. The minimum atomic E-state index is -4.41. The second-order valence-electron chi connectivity index (χ2n) is 10.4. The van der Waals surface area contributed by atoms with E-state index in [2.05, 4.69) is 20.5 Å². The molecule has 2 saturated heterocycles. The highest BCUT2D eigenvalue weighted by atomic mass is 35.5. The van der Waals surface area contributed by atoms with Crippen LogP contribution in [0.15, 0.2) is 18.2 Å². The number of alkyl halides is 3. The molecule has 2 amide bonds. The lowest BCUT2D eigenvalue weighted by molar-refractivity contribution is -0.137. The van der Waals surface area contributed by atoms with Crippen LogP contribution < -0.4 is 5.32 Å². The molecule has 3 heterocycles. The van der Waals surface area contributed by atoms with Crippen molar-refractivity contribution in [3.63, 3.8) is 0 Å². The van der Waals surface area contributed by atoms with Gasteiger partial charge in [-0.2, -0.15) is 18.3 Å². The summed E-state index contributed by atoms with van der Waals surface area (Å²) in [5, 5.41) is 10.9. The lowest BCUT2D eigenvalue weighted by Gasteiger charge is -2.59. The van der Waals surface area contributed by atoms with Gasteiger partial charge in [0.1, 0.15) is 5.82 Å². The molecule has 11 heteroatoms. The first-order valence-corrected chi connectivity index (χ1v) is 12.1. The molecule has 4 aliphatic rings. The van der Waals surface area contributed by atoms with E-state index in [4.69, 9.17) is 11.6 Å². The molecule has 0 bridgehead atoms. The van der Waals surface area contributed by atoms with Gasteiger partial charge in [-0.25, -0.2) is 9.78 Å². The van der Waals surface area contributed by atoms with Crippen LogP contribution in [0.2, 0.25) is 5.02 Å². The normalized spacial score (nSPS) is 22.5. The maximum absolute atomic E-state index is 12.8. The highest BCUT2D eigenvalue weighted by molar-refractivity contribution is 6.31. The van der Waals surface area contributed by atoms with Crippen molar-refractivity contribution in [2.75, 3.05) is 26.2 Å². The maximum atomic E-state index is 12.8. The predicted molar refractivity (Wildman–Crippen MR) is 118 cm³/mol. The number of likely N-dealkylation sites (tertiary alicyclic amines) is 2. The van der Waals surface area contributed by atoms with Gasteiger partial charge in [0, 0.05) is 61.0 Å². The standard InChI is InChI=1S/C23H26ClF3N6O/c24-18-5-16(23(25,26)27)4-3-14(18)8-28-17-9-32(10-17)21(34)33-11-22(12-33)6-15(7-22)20-29-19(30-31-20)13-1-2-13/h3-5,13,15,17,28H,1-2,6-12H2,(H,29,30,31). The van der Waals surface area contributed by atoms with Crippen LogP contribution in [0.1, 0.15) is 60.3 Å². The molecule has 0 radical (unpaired) electrons. The monoisotopic (exact) mass is 494 g/mol. The molecule has 1 spiro atoms. The Morgan fingerprint density at radius 3 is 2.56 bits per heavy atom. The van der Waals surface area contributed by atoms with Crippen molar-refractivity contribution < 1.29 is 18.0 Å². The van der Waals surface area contributed by atoms with Crippen LogP contribution >= 0.6 is 11.6 Å². The van der Waals surface area contributed by atoms with Gasteiger partial charge in [-0.1, -0.05) is 17.7 Å². The van der Waals surface area contributed by atoms with Gasteiger partial charge in [0.05, 0.1) is 5.56 Å². The van der Waals surface area contributed by atoms with Gasteiger partial charge in [0.25, 0.3) is 0 Å². The number of nitrogens with one attached hydrogen (secondary N) is 2. The van der Waals surface area contributed by atoms with Gasteiger partial charge >= 0.3 is 12.2 Å². The van der Waals surface area contributed by atoms with Crippen molar-refractivity contribution in [1.82, 2.24) is 30.3 Å². The molecule has 2 saturated carbocycles. The summed E-state index contributed by atoms with van der Waals surface area (Å²) in [6, 6.07) is 3.56. The third-order valence-corrected chi connectivity index (χ3v) is 8.00. The Morgan fingerprint density at radius 2 is 1.91 bits per heavy atom. The van der Waals surface area contributed by atoms with Gasteiger partial charge in [0.2, 0.25) is 0 Å². The number of amides is 2. The summed E-state index contributed by atoms with van der Waals surface area (Å²) in [6.45, 7) is 3.12.